The third-order valence-electron chi connectivity index (χ3n) is 7.74. The molecule has 0 bridgehead atoms. The van der Waals surface area contributed by atoms with Gasteiger partial charge in [0, 0.05) is 42.0 Å². The SMILES string of the molecule is CCOC(=O)C1=C(c2ccccc2)N=c2sc(=Cc3cc([N+](=O)[O-])ccc3N3CCOCC3)c(=O)n2[C@H]1c1ccc(OCC)cc1. The van der Waals surface area contributed by atoms with Crippen LogP contribution in [0, 0.1) is 10.1 Å². The largest absolute Gasteiger partial charge is 0.494 e. The standard InChI is InChI=1S/C34H32N4O7S/c1-3-44-26-13-10-23(11-14-26)31-29(33(40)45-4-2)30(22-8-6-5-7-9-22)35-34-37(31)32(39)28(46-34)21-24-20-25(38(41)42)12-15-27(24)36-16-18-43-19-17-36/h5-15,20-21,31H,3-4,16-19H2,1-2H3/t31-/m0/s1. The lowest BCUT2D eigenvalue weighted by Gasteiger charge is -2.30. The van der Waals surface area contributed by atoms with Crippen molar-refractivity contribution in [2.45, 2.75) is 19.9 Å². The summed E-state index contributed by atoms with van der Waals surface area (Å²) in [6.45, 7) is 6.53. The predicted molar refractivity (Wildman–Crippen MR) is 175 cm³/mol. The summed E-state index contributed by atoms with van der Waals surface area (Å²) >= 11 is 1.17. The van der Waals surface area contributed by atoms with Gasteiger partial charge in [-0.25, -0.2) is 9.79 Å². The molecule has 4 aromatic rings. The molecule has 6 rings (SSSR count). The number of carbonyl (C=O) groups is 1. The molecule has 0 saturated carbocycles. The molecular weight excluding hydrogens is 608 g/mol. The molecule has 0 unspecified atom stereocenters. The van der Waals surface area contributed by atoms with Crippen LogP contribution in [0.1, 0.15) is 36.6 Å². The number of esters is 1. The maximum atomic E-state index is 14.4. The molecule has 0 spiro atoms. The van der Waals surface area contributed by atoms with E-state index in [1.54, 1.807) is 31.2 Å². The molecule has 3 heterocycles. The number of aromatic nitrogens is 1. The Kier molecular flexibility index (Phi) is 9.08. The fourth-order valence-corrected chi connectivity index (χ4v) is 6.67. The summed E-state index contributed by atoms with van der Waals surface area (Å²) < 4.78 is 18.5. The summed E-state index contributed by atoms with van der Waals surface area (Å²) in [5, 5.41) is 11.7. The van der Waals surface area contributed by atoms with E-state index in [2.05, 4.69) is 4.90 Å². The van der Waals surface area contributed by atoms with Gasteiger partial charge in [0.1, 0.15) is 5.75 Å². The number of hydrogen-bond donors (Lipinski definition) is 0. The van der Waals surface area contributed by atoms with Crippen LogP contribution in [-0.4, -0.2) is 55.0 Å². The Bertz CT molecular complexity index is 1980. The van der Waals surface area contributed by atoms with Crippen LogP contribution in [0.25, 0.3) is 11.8 Å². The van der Waals surface area contributed by atoms with Crippen LogP contribution in [0.4, 0.5) is 11.4 Å². The molecule has 46 heavy (non-hydrogen) atoms. The number of hydrogen-bond acceptors (Lipinski definition) is 10. The molecule has 0 radical (unpaired) electrons. The van der Waals surface area contributed by atoms with Gasteiger partial charge in [0.15, 0.2) is 4.80 Å². The topological polar surface area (TPSA) is 126 Å². The molecule has 1 fully saturated rings. The minimum atomic E-state index is -0.854. The zero-order chi connectivity index (χ0) is 32.2. The number of anilines is 1. The highest BCUT2D eigenvalue weighted by Gasteiger charge is 2.35. The maximum absolute atomic E-state index is 14.4. The Labute approximate surface area is 268 Å². The van der Waals surface area contributed by atoms with E-state index in [1.807, 2.05) is 49.4 Å². The number of thiazole rings is 1. The van der Waals surface area contributed by atoms with E-state index in [4.69, 9.17) is 19.2 Å². The minimum absolute atomic E-state index is 0.0840. The van der Waals surface area contributed by atoms with Gasteiger partial charge in [-0.05, 0) is 43.7 Å². The van der Waals surface area contributed by atoms with Crippen molar-refractivity contribution in [3.8, 4) is 5.75 Å². The highest BCUT2D eigenvalue weighted by molar-refractivity contribution is 7.07. The van der Waals surface area contributed by atoms with E-state index in [9.17, 15) is 19.7 Å². The number of nitro benzene ring substituents is 1. The second-order valence-corrected chi connectivity index (χ2v) is 11.5. The first-order valence-corrected chi connectivity index (χ1v) is 15.8. The summed E-state index contributed by atoms with van der Waals surface area (Å²) in [6.07, 6.45) is 1.67. The number of ether oxygens (including phenoxy) is 3. The highest BCUT2D eigenvalue weighted by atomic mass is 32.1. The van der Waals surface area contributed by atoms with Gasteiger partial charge in [-0.2, -0.15) is 0 Å². The molecule has 1 saturated heterocycles. The van der Waals surface area contributed by atoms with E-state index in [1.165, 1.54) is 28.0 Å². The number of benzene rings is 3. The van der Waals surface area contributed by atoms with Gasteiger partial charge in [0.25, 0.3) is 11.2 Å². The number of morpholine rings is 1. The van der Waals surface area contributed by atoms with E-state index in [-0.39, 0.29) is 23.4 Å². The first-order valence-electron chi connectivity index (χ1n) is 15.0. The molecule has 2 aliphatic heterocycles. The Hall–Kier alpha value is -5.07. The van der Waals surface area contributed by atoms with Crippen LogP contribution in [0.5, 0.6) is 5.75 Å². The molecule has 0 aliphatic carbocycles. The minimum Gasteiger partial charge on any atom is -0.494 e. The quantitative estimate of drug-likeness (QED) is 0.152. The van der Waals surface area contributed by atoms with Crippen LogP contribution in [0.3, 0.4) is 0 Å². The van der Waals surface area contributed by atoms with Gasteiger partial charge in [-0.15, -0.1) is 0 Å². The summed E-state index contributed by atoms with van der Waals surface area (Å²) in [6, 6.07) is 20.4. The van der Waals surface area contributed by atoms with Crippen LogP contribution in [0.2, 0.25) is 0 Å². The van der Waals surface area contributed by atoms with E-state index >= 15 is 0 Å². The summed E-state index contributed by atoms with van der Waals surface area (Å²) in [7, 11) is 0. The molecule has 0 amide bonds. The molecule has 3 aromatic carbocycles. The number of nitrogens with zero attached hydrogens (tertiary/aromatic N) is 4. The van der Waals surface area contributed by atoms with Crippen molar-refractivity contribution in [3.05, 3.63) is 125 Å². The number of carbonyl (C=O) groups excluding carboxylic acids is 1. The summed E-state index contributed by atoms with van der Waals surface area (Å²) in [5.41, 5.74) is 2.86. The number of rotatable bonds is 9. The smallest absolute Gasteiger partial charge is 0.338 e. The Morgan fingerprint density at radius 1 is 1.07 bits per heavy atom. The Morgan fingerprint density at radius 3 is 2.48 bits per heavy atom. The van der Waals surface area contributed by atoms with E-state index < -0.39 is 16.9 Å². The predicted octanol–water partition coefficient (Wildman–Crippen LogP) is 4.08. The van der Waals surface area contributed by atoms with Crippen LogP contribution >= 0.6 is 11.3 Å². The lowest BCUT2D eigenvalue weighted by atomic mass is 9.93. The summed E-state index contributed by atoms with van der Waals surface area (Å²) in [5.74, 6) is 0.0801. The van der Waals surface area contributed by atoms with Crippen LogP contribution in [-0.2, 0) is 14.3 Å². The molecule has 1 atom stereocenters. The molecule has 2 aliphatic rings. The molecule has 0 N–H and O–H groups in total. The molecule has 12 heteroatoms. The van der Waals surface area contributed by atoms with Crippen molar-refractivity contribution in [1.82, 2.24) is 4.57 Å². The molecule has 1 aromatic heterocycles. The highest BCUT2D eigenvalue weighted by Crippen LogP contribution is 2.36. The third kappa shape index (κ3) is 6.09. The fraction of sp³-hybridized carbons (Fsp3) is 0.265. The van der Waals surface area contributed by atoms with Gasteiger partial charge in [0.2, 0.25) is 0 Å². The summed E-state index contributed by atoms with van der Waals surface area (Å²) in [4.78, 5) is 46.7. The number of non-ortho nitro benzene ring substituents is 1. The van der Waals surface area contributed by atoms with Crippen molar-refractivity contribution >= 4 is 40.5 Å². The average molecular weight is 641 g/mol. The van der Waals surface area contributed by atoms with Gasteiger partial charge < -0.3 is 19.1 Å². The number of fused-ring (bicyclic) bond motifs is 1. The van der Waals surface area contributed by atoms with Crippen LogP contribution < -0.4 is 24.5 Å². The van der Waals surface area contributed by atoms with E-state index in [0.29, 0.717) is 70.4 Å². The molecule has 236 valence electrons. The Balaban J connectivity index is 1.60. The monoisotopic (exact) mass is 640 g/mol. The first-order chi connectivity index (χ1) is 22.4. The van der Waals surface area contributed by atoms with Gasteiger partial charge in [0.05, 0.1) is 53.2 Å². The second kappa shape index (κ2) is 13.5. The lowest BCUT2D eigenvalue weighted by molar-refractivity contribution is -0.384. The van der Waals surface area contributed by atoms with Crippen molar-refractivity contribution in [2.24, 2.45) is 4.99 Å². The average Bonchev–Trinajstić information content (AvgIpc) is 3.39. The van der Waals surface area contributed by atoms with Crippen LogP contribution in [0.15, 0.2) is 88.2 Å². The Morgan fingerprint density at radius 2 is 1.80 bits per heavy atom. The molecular formula is C34H32N4O7S. The van der Waals surface area contributed by atoms with Crippen molar-refractivity contribution in [2.75, 3.05) is 44.4 Å². The first kappa shape index (κ1) is 30.9. The lowest BCUT2D eigenvalue weighted by Crippen LogP contribution is -2.40. The maximum Gasteiger partial charge on any atom is 0.338 e. The zero-order valence-electron chi connectivity index (χ0n) is 25.4. The molecule has 11 nitrogen and oxygen atoms in total. The van der Waals surface area contributed by atoms with Gasteiger partial charge in [-0.1, -0.05) is 53.8 Å². The normalized spacial score (nSPS) is 16.5. The van der Waals surface area contributed by atoms with Crippen molar-refractivity contribution < 1.29 is 23.9 Å². The fourth-order valence-electron chi connectivity index (χ4n) is 5.67. The van der Waals surface area contributed by atoms with E-state index in [0.717, 1.165) is 5.69 Å². The van der Waals surface area contributed by atoms with Gasteiger partial charge >= 0.3 is 5.97 Å². The third-order valence-corrected chi connectivity index (χ3v) is 8.72. The second-order valence-electron chi connectivity index (χ2n) is 10.5. The number of nitro groups is 1. The van der Waals surface area contributed by atoms with Gasteiger partial charge in [-0.3, -0.25) is 19.5 Å². The zero-order valence-corrected chi connectivity index (χ0v) is 26.2. The van der Waals surface area contributed by atoms with Crippen molar-refractivity contribution in [1.29, 1.82) is 0 Å². The van der Waals surface area contributed by atoms with Crippen molar-refractivity contribution in [3.63, 3.8) is 0 Å².